The molecule has 18 heavy (non-hydrogen) atoms. The molecule has 98 valence electrons. The Morgan fingerprint density at radius 1 is 1.28 bits per heavy atom. The molecule has 0 unspecified atom stereocenters. The zero-order valence-corrected chi connectivity index (χ0v) is 11.2. The molecule has 0 fully saturated rings. The second-order valence-electron chi connectivity index (χ2n) is 5.27. The Kier molecular flexibility index (Phi) is 4.42. The average Bonchev–Trinajstić information content (AvgIpc) is 2.25. The fourth-order valence-electron chi connectivity index (χ4n) is 1.43. The third-order valence-electron chi connectivity index (χ3n) is 2.17. The molecule has 0 saturated heterocycles. The van der Waals surface area contributed by atoms with Gasteiger partial charge in [0.2, 0.25) is 5.91 Å². The summed E-state index contributed by atoms with van der Waals surface area (Å²) < 4.78 is 0. The van der Waals surface area contributed by atoms with Crippen LogP contribution in [0, 0.1) is 5.41 Å². The quantitative estimate of drug-likeness (QED) is 0.858. The van der Waals surface area contributed by atoms with Gasteiger partial charge >= 0.3 is 0 Å². The molecule has 2 amide bonds. The van der Waals surface area contributed by atoms with Crippen molar-refractivity contribution in [1.29, 1.82) is 0 Å². The lowest BCUT2D eigenvalue weighted by Gasteiger charge is -2.17. The highest BCUT2D eigenvalue weighted by atomic mass is 16.2. The van der Waals surface area contributed by atoms with E-state index >= 15 is 0 Å². The molecule has 0 radical (unpaired) electrons. The van der Waals surface area contributed by atoms with E-state index in [2.05, 4.69) is 15.6 Å². The number of hydrogen-bond acceptors (Lipinski definition) is 3. The standard InChI is InChI=1S/C13H19N3O2/c1-13(2,3)8-11(17)16-10-7-5-6-9(15-10)12(18)14-4/h5-7H,8H2,1-4H3,(H,14,18)(H,15,16,17). The van der Waals surface area contributed by atoms with Crippen LogP contribution in [0.15, 0.2) is 18.2 Å². The highest BCUT2D eigenvalue weighted by molar-refractivity contribution is 5.94. The van der Waals surface area contributed by atoms with E-state index in [1.165, 1.54) is 7.05 Å². The maximum Gasteiger partial charge on any atom is 0.269 e. The van der Waals surface area contributed by atoms with Gasteiger partial charge in [-0.1, -0.05) is 26.8 Å². The largest absolute Gasteiger partial charge is 0.354 e. The second kappa shape index (κ2) is 5.62. The van der Waals surface area contributed by atoms with E-state index in [1.807, 2.05) is 20.8 Å². The van der Waals surface area contributed by atoms with E-state index in [1.54, 1.807) is 18.2 Å². The Hall–Kier alpha value is -1.91. The van der Waals surface area contributed by atoms with E-state index in [9.17, 15) is 9.59 Å². The van der Waals surface area contributed by atoms with Crippen molar-refractivity contribution in [2.75, 3.05) is 12.4 Å². The SMILES string of the molecule is CNC(=O)c1cccc(NC(=O)CC(C)(C)C)n1. The lowest BCUT2D eigenvalue weighted by Crippen LogP contribution is -2.22. The van der Waals surface area contributed by atoms with Crippen molar-refractivity contribution >= 4 is 17.6 Å². The summed E-state index contributed by atoms with van der Waals surface area (Å²) in [6.45, 7) is 5.96. The number of nitrogens with one attached hydrogen (secondary N) is 2. The number of aromatic nitrogens is 1. The Balaban J connectivity index is 2.74. The Labute approximate surface area is 107 Å². The third-order valence-corrected chi connectivity index (χ3v) is 2.17. The van der Waals surface area contributed by atoms with Gasteiger partial charge < -0.3 is 10.6 Å². The molecule has 1 rings (SSSR count). The van der Waals surface area contributed by atoms with Gasteiger partial charge in [0, 0.05) is 13.5 Å². The highest BCUT2D eigenvalue weighted by Gasteiger charge is 2.16. The van der Waals surface area contributed by atoms with Crippen LogP contribution in [-0.2, 0) is 4.79 Å². The minimum Gasteiger partial charge on any atom is -0.354 e. The normalized spacial score (nSPS) is 10.9. The molecule has 0 aliphatic heterocycles. The van der Waals surface area contributed by atoms with Gasteiger partial charge in [0.25, 0.3) is 5.91 Å². The number of anilines is 1. The lowest BCUT2D eigenvalue weighted by atomic mass is 9.92. The van der Waals surface area contributed by atoms with Gasteiger partial charge in [-0.25, -0.2) is 4.98 Å². The number of carbonyl (C=O) groups excluding carboxylic acids is 2. The summed E-state index contributed by atoms with van der Waals surface area (Å²) in [5.41, 5.74) is 0.203. The molecule has 0 aromatic carbocycles. The molecule has 0 atom stereocenters. The molecular formula is C13H19N3O2. The summed E-state index contributed by atoms with van der Waals surface area (Å²) in [4.78, 5) is 27.2. The number of carbonyl (C=O) groups is 2. The van der Waals surface area contributed by atoms with Crippen LogP contribution in [0.5, 0.6) is 0 Å². The third kappa shape index (κ3) is 4.53. The van der Waals surface area contributed by atoms with Gasteiger partial charge in [-0.2, -0.15) is 0 Å². The van der Waals surface area contributed by atoms with Crippen LogP contribution in [0.4, 0.5) is 5.82 Å². The Morgan fingerprint density at radius 2 is 1.94 bits per heavy atom. The van der Waals surface area contributed by atoms with Crippen molar-refractivity contribution < 1.29 is 9.59 Å². The summed E-state index contributed by atoms with van der Waals surface area (Å²) in [6, 6.07) is 4.94. The molecule has 0 spiro atoms. The summed E-state index contributed by atoms with van der Waals surface area (Å²) in [7, 11) is 1.54. The smallest absolute Gasteiger partial charge is 0.269 e. The molecule has 0 saturated carbocycles. The number of amides is 2. The molecule has 0 aliphatic carbocycles. The van der Waals surface area contributed by atoms with Crippen molar-refractivity contribution in [3.8, 4) is 0 Å². The Bertz CT molecular complexity index is 450. The van der Waals surface area contributed by atoms with Crippen LogP contribution >= 0.6 is 0 Å². The van der Waals surface area contributed by atoms with Crippen molar-refractivity contribution in [2.24, 2.45) is 5.41 Å². The maximum absolute atomic E-state index is 11.7. The molecule has 1 heterocycles. The number of pyridine rings is 1. The van der Waals surface area contributed by atoms with Crippen molar-refractivity contribution in [3.63, 3.8) is 0 Å². The van der Waals surface area contributed by atoms with E-state index < -0.39 is 0 Å². The number of nitrogens with zero attached hydrogens (tertiary/aromatic N) is 1. The molecular weight excluding hydrogens is 230 g/mol. The van der Waals surface area contributed by atoms with E-state index in [0.717, 1.165) is 0 Å². The van der Waals surface area contributed by atoms with Gasteiger partial charge in [-0.05, 0) is 17.5 Å². The van der Waals surface area contributed by atoms with E-state index in [0.29, 0.717) is 12.2 Å². The first-order valence-electron chi connectivity index (χ1n) is 5.81. The fourth-order valence-corrected chi connectivity index (χ4v) is 1.43. The first-order chi connectivity index (χ1) is 8.31. The first kappa shape index (κ1) is 14.2. The van der Waals surface area contributed by atoms with Crippen LogP contribution in [-0.4, -0.2) is 23.8 Å². The van der Waals surface area contributed by atoms with Gasteiger partial charge in [0.1, 0.15) is 11.5 Å². The fraction of sp³-hybridized carbons (Fsp3) is 0.462. The van der Waals surface area contributed by atoms with Crippen LogP contribution < -0.4 is 10.6 Å². The minimum absolute atomic E-state index is 0.0809. The lowest BCUT2D eigenvalue weighted by molar-refractivity contribution is -0.117. The van der Waals surface area contributed by atoms with Crippen molar-refractivity contribution in [1.82, 2.24) is 10.3 Å². The second-order valence-corrected chi connectivity index (χ2v) is 5.27. The highest BCUT2D eigenvalue weighted by Crippen LogP contribution is 2.19. The molecule has 2 N–H and O–H groups in total. The van der Waals surface area contributed by atoms with Crippen LogP contribution in [0.2, 0.25) is 0 Å². The summed E-state index contributed by atoms with van der Waals surface area (Å²) in [6.07, 6.45) is 0.402. The molecule has 5 heteroatoms. The predicted octanol–water partition coefficient (Wildman–Crippen LogP) is 1.82. The predicted molar refractivity (Wildman–Crippen MR) is 70.3 cm³/mol. The minimum atomic E-state index is -0.276. The average molecular weight is 249 g/mol. The molecule has 0 bridgehead atoms. The van der Waals surface area contributed by atoms with Gasteiger partial charge in [-0.3, -0.25) is 9.59 Å². The Morgan fingerprint density at radius 3 is 2.50 bits per heavy atom. The van der Waals surface area contributed by atoms with Crippen LogP contribution in [0.25, 0.3) is 0 Å². The van der Waals surface area contributed by atoms with Crippen molar-refractivity contribution in [3.05, 3.63) is 23.9 Å². The van der Waals surface area contributed by atoms with Crippen LogP contribution in [0.1, 0.15) is 37.7 Å². The zero-order valence-electron chi connectivity index (χ0n) is 11.2. The van der Waals surface area contributed by atoms with Crippen LogP contribution in [0.3, 0.4) is 0 Å². The summed E-state index contributed by atoms with van der Waals surface area (Å²) >= 11 is 0. The first-order valence-corrected chi connectivity index (χ1v) is 5.81. The molecule has 1 aromatic rings. The number of hydrogen-bond donors (Lipinski definition) is 2. The topological polar surface area (TPSA) is 71.1 Å². The maximum atomic E-state index is 11.7. The summed E-state index contributed by atoms with van der Waals surface area (Å²) in [5, 5.41) is 5.17. The van der Waals surface area contributed by atoms with Gasteiger partial charge in [0.05, 0.1) is 0 Å². The number of rotatable bonds is 3. The monoisotopic (exact) mass is 249 g/mol. The zero-order chi connectivity index (χ0) is 13.8. The van der Waals surface area contributed by atoms with Gasteiger partial charge in [0.15, 0.2) is 0 Å². The molecule has 0 aliphatic rings. The van der Waals surface area contributed by atoms with Gasteiger partial charge in [-0.15, -0.1) is 0 Å². The summed E-state index contributed by atoms with van der Waals surface area (Å²) in [5.74, 6) is 0.0105. The molecule has 5 nitrogen and oxygen atoms in total. The van der Waals surface area contributed by atoms with Crippen molar-refractivity contribution in [2.45, 2.75) is 27.2 Å². The van der Waals surface area contributed by atoms with E-state index in [4.69, 9.17) is 0 Å². The van der Waals surface area contributed by atoms with E-state index in [-0.39, 0.29) is 22.9 Å². The molecule has 1 aromatic heterocycles.